The summed E-state index contributed by atoms with van der Waals surface area (Å²) in [5.41, 5.74) is 3.71. The molecule has 26 heavy (non-hydrogen) atoms. The van der Waals surface area contributed by atoms with Gasteiger partial charge in [-0.15, -0.1) is 0 Å². The summed E-state index contributed by atoms with van der Waals surface area (Å²) in [5.74, 6) is -0.0117. The second-order valence-electron chi connectivity index (χ2n) is 5.21. The van der Waals surface area contributed by atoms with Crippen LogP contribution in [0.25, 0.3) is 0 Å². The molecule has 2 rings (SSSR count). The summed E-state index contributed by atoms with van der Waals surface area (Å²) in [6.07, 6.45) is 2.96. The fourth-order valence-electron chi connectivity index (χ4n) is 1.88. The Kier molecular flexibility index (Phi) is 6.93. The van der Waals surface area contributed by atoms with Crippen molar-refractivity contribution in [1.29, 1.82) is 0 Å². The minimum absolute atomic E-state index is 0.153. The van der Waals surface area contributed by atoms with E-state index >= 15 is 0 Å². The van der Waals surface area contributed by atoms with E-state index in [2.05, 4.69) is 26.5 Å². The van der Waals surface area contributed by atoms with Crippen LogP contribution in [0.15, 0.2) is 52.2 Å². The number of carbonyl (C=O) groups excluding carboxylic acids is 3. The van der Waals surface area contributed by atoms with Gasteiger partial charge < -0.3 is 20.4 Å². The summed E-state index contributed by atoms with van der Waals surface area (Å²) in [6, 6.07) is 9.86. The van der Waals surface area contributed by atoms with Crippen molar-refractivity contribution >= 4 is 29.7 Å². The highest BCUT2D eigenvalue weighted by atomic mass is 16.3. The lowest BCUT2D eigenvalue weighted by atomic mass is 10.2. The zero-order chi connectivity index (χ0) is 18.8. The third kappa shape index (κ3) is 6.87. The summed E-state index contributed by atoms with van der Waals surface area (Å²) >= 11 is 0. The second kappa shape index (κ2) is 9.62. The van der Waals surface area contributed by atoms with E-state index in [0.29, 0.717) is 11.4 Å². The van der Waals surface area contributed by atoms with Gasteiger partial charge >= 0.3 is 6.03 Å². The molecule has 9 nitrogen and oxygen atoms in total. The molecule has 0 saturated carbocycles. The number of anilines is 1. The van der Waals surface area contributed by atoms with Gasteiger partial charge in [0.25, 0.3) is 5.91 Å². The van der Waals surface area contributed by atoms with Crippen molar-refractivity contribution < 1.29 is 18.8 Å². The van der Waals surface area contributed by atoms with E-state index in [4.69, 9.17) is 4.42 Å². The summed E-state index contributed by atoms with van der Waals surface area (Å²) in [6.45, 7) is 1.44. The summed E-state index contributed by atoms with van der Waals surface area (Å²) in [5, 5.41) is 11.4. The van der Waals surface area contributed by atoms with Crippen molar-refractivity contribution in [3.8, 4) is 0 Å². The van der Waals surface area contributed by atoms with Crippen LogP contribution in [-0.2, 0) is 16.1 Å². The van der Waals surface area contributed by atoms with Gasteiger partial charge in [0.15, 0.2) is 0 Å². The highest BCUT2D eigenvalue weighted by Gasteiger charge is 2.05. The van der Waals surface area contributed by atoms with Crippen molar-refractivity contribution in [3.63, 3.8) is 0 Å². The van der Waals surface area contributed by atoms with Crippen molar-refractivity contribution in [1.82, 2.24) is 16.1 Å². The topological polar surface area (TPSA) is 125 Å². The second-order valence-corrected chi connectivity index (χ2v) is 5.21. The Hall–Kier alpha value is -3.62. The number of hydrazone groups is 1. The Morgan fingerprint density at radius 2 is 1.88 bits per heavy atom. The number of furan rings is 1. The fraction of sp³-hybridized carbons (Fsp3) is 0.176. The Bertz CT molecular complexity index is 769. The smallest absolute Gasteiger partial charge is 0.315 e. The van der Waals surface area contributed by atoms with E-state index in [1.165, 1.54) is 19.4 Å². The zero-order valence-corrected chi connectivity index (χ0v) is 14.1. The quantitative estimate of drug-likeness (QED) is 0.439. The largest absolute Gasteiger partial charge is 0.467 e. The first-order chi connectivity index (χ1) is 12.5. The molecular formula is C17H19N5O4. The van der Waals surface area contributed by atoms with Crippen molar-refractivity contribution in [2.45, 2.75) is 13.5 Å². The van der Waals surface area contributed by atoms with Crippen LogP contribution in [0.2, 0.25) is 0 Å². The predicted molar refractivity (Wildman–Crippen MR) is 95.4 cm³/mol. The lowest BCUT2D eigenvalue weighted by molar-refractivity contribution is -0.120. The predicted octanol–water partition coefficient (Wildman–Crippen LogP) is 1.19. The summed E-state index contributed by atoms with van der Waals surface area (Å²) in [7, 11) is 0. The average Bonchev–Trinajstić information content (AvgIpc) is 3.13. The SMILES string of the molecule is CC(=O)Nc1ccc(C=NNC(=O)CNC(=O)NCc2ccco2)cc1. The van der Waals surface area contributed by atoms with Gasteiger partial charge in [-0.25, -0.2) is 10.2 Å². The van der Waals surface area contributed by atoms with Crippen LogP contribution in [0.1, 0.15) is 18.2 Å². The molecule has 0 fully saturated rings. The number of nitrogens with one attached hydrogen (secondary N) is 4. The van der Waals surface area contributed by atoms with Crippen molar-refractivity contribution in [2.24, 2.45) is 5.10 Å². The molecule has 1 heterocycles. The van der Waals surface area contributed by atoms with Crippen LogP contribution in [0.3, 0.4) is 0 Å². The molecule has 0 saturated heterocycles. The molecule has 1 aromatic heterocycles. The number of benzene rings is 1. The lowest BCUT2D eigenvalue weighted by Crippen LogP contribution is -2.40. The molecule has 0 aliphatic carbocycles. The van der Waals surface area contributed by atoms with Crippen molar-refractivity contribution in [3.05, 3.63) is 54.0 Å². The number of urea groups is 1. The minimum Gasteiger partial charge on any atom is -0.467 e. The first-order valence-corrected chi connectivity index (χ1v) is 7.76. The summed E-state index contributed by atoms with van der Waals surface area (Å²) < 4.78 is 5.07. The van der Waals surface area contributed by atoms with Crippen molar-refractivity contribution in [2.75, 3.05) is 11.9 Å². The normalized spacial score (nSPS) is 10.3. The van der Waals surface area contributed by atoms with E-state index in [1.54, 1.807) is 36.4 Å². The highest BCUT2D eigenvalue weighted by Crippen LogP contribution is 2.07. The van der Waals surface area contributed by atoms with Gasteiger partial charge in [-0.05, 0) is 29.8 Å². The molecule has 0 atom stereocenters. The van der Waals surface area contributed by atoms with Gasteiger partial charge in [0.2, 0.25) is 5.91 Å². The Morgan fingerprint density at radius 1 is 1.12 bits per heavy atom. The van der Waals surface area contributed by atoms with Gasteiger partial charge in [0, 0.05) is 12.6 Å². The van der Waals surface area contributed by atoms with Crippen LogP contribution >= 0.6 is 0 Å². The maximum absolute atomic E-state index is 11.6. The van der Waals surface area contributed by atoms with E-state index in [9.17, 15) is 14.4 Å². The van der Waals surface area contributed by atoms with Gasteiger partial charge in [-0.3, -0.25) is 9.59 Å². The van der Waals surface area contributed by atoms with Gasteiger partial charge in [-0.2, -0.15) is 5.10 Å². The molecule has 0 radical (unpaired) electrons. The minimum atomic E-state index is -0.492. The molecule has 0 aliphatic rings. The van der Waals surface area contributed by atoms with E-state index in [0.717, 1.165) is 5.56 Å². The van der Waals surface area contributed by atoms with Crippen LogP contribution in [0, 0.1) is 0 Å². The molecule has 136 valence electrons. The van der Waals surface area contributed by atoms with Gasteiger partial charge in [0.1, 0.15) is 12.3 Å². The molecule has 9 heteroatoms. The Morgan fingerprint density at radius 3 is 2.54 bits per heavy atom. The van der Waals surface area contributed by atoms with Crippen LogP contribution < -0.4 is 21.4 Å². The summed E-state index contributed by atoms with van der Waals surface area (Å²) in [4.78, 5) is 34.1. The standard InChI is InChI=1S/C17H19N5O4/c1-12(23)21-14-6-4-13(5-7-14)9-20-22-16(24)11-19-17(25)18-10-15-3-2-8-26-15/h2-9H,10-11H2,1H3,(H,21,23)(H,22,24)(H2,18,19,25). The first kappa shape index (κ1) is 18.7. The van der Waals surface area contributed by atoms with E-state index in [-0.39, 0.29) is 19.0 Å². The molecular weight excluding hydrogens is 338 g/mol. The average molecular weight is 357 g/mol. The van der Waals surface area contributed by atoms with E-state index < -0.39 is 11.9 Å². The van der Waals surface area contributed by atoms with E-state index in [1.807, 2.05) is 0 Å². The molecule has 0 unspecified atom stereocenters. The molecule has 2 aromatic rings. The number of hydrogen-bond donors (Lipinski definition) is 4. The van der Waals surface area contributed by atoms with Crippen LogP contribution in [0.4, 0.5) is 10.5 Å². The number of amides is 4. The monoisotopic (exact) mass is 357 g/mol. The first-order valence-electron chi connectivity index (χ1n) is 7.76. The Balaban J connectivity index is 1.66. The molecule has 0 spiro atoms. The molecule has 4 amide bonds. The fourth-order valence-corrected chi connectivity index (χ4v) is 1.88. The third-order valence-electron chi connectivity index (χ3n) is 3.05. The number of hydrogen-bond acceptors (Lipinski definition) is 5. The van der Waals surface area contributed by atoms with Gasteiger partial charge in [0.05, 0.1) is 19.0 Å². The number of rotatable bonds is 7. The number of carbonyl (C=O) groups is 3. The maximum atomic E-state index is 11.6. The van der Waals surface area contributed by atoms with Crippen LogP contribution in [-0.4, -0.2) is 30.6 Å². The number of nitrogens with zero attached hydrogens (tertiary/aromatic N) is 1. The zero-order valence-electron chi connectivity index (χ0n) is 14.1. The molecule has 0 aliphatic heterocycles. The Labute approximate surface area is 149 Å². The lowest BCUT2D eigenvalue weighted by Gasteiger charge is -2.05. The maximum Gasteiger partial charge on any atom is 0.315 e. The van der Waals surface area contributed by atoms with Crippen LogP contribution in [0.5, 0.6) is 0 Å². The highest BCUT2D eigenvalue weighted by molar-refractivity contribution is 5.89. The van der Waals surface area contributed by atoms with Gasteiger partial charge in [-0.1, -0.05) is 12.1 Å². The molecule has 4 N–H and O–H groups in total. The molecule has 1 aromatic carbocycles. The third-order valence-corrected chi connectivity index (χ3v) is 3.05. The molecule has 0 bridgehead atoms.